The summed E-state index contributed by atoms with van der Waals surface area (Å²) in [6, 6.07) is 9.57. The third kappa shape index (κ3) is 2.31. The first-order valence-corrected chi connectivity index (χ1v) is 6.40. The highest BCUT2D eigenvalue weighted by Crippen LogP contribution is 2.18. The van der Waals surface area contributed by atoms with Crippen LogP contribution in [0.1, 0.15) is 15.9 Å². The van der Waals surface area contributed by atoms with Gasteiger partial charge in [-0.1, -0.05) is 18.2 Å². The molecule has 0 unspecified atom stereocenters. The lowest BCUT2D eigenvalue weighted by atomic mass is 9.99. The summed E-state index contributed by atoms with van der Waals surface area (Å²) in [5.74, 6) is 0.622. The molecule has 5 nitrogen and oxygen atoms in total. The van der Waals surface area contributed by atoms with Gasteiger partial charge in [0.05, 0.1) is 6.54 Å². The standard InChI is InChI=1S/C14H16N4O/c15-13-6-8-18(16-13)10-9-17-7-5-11-3-1-2-4-12(11)14(17)19/h1-4,6,8H,5,7,9-10H2,(H2,15,16). The fourth-order valence-electron chi connectivity index (χ4n) is 2.41. The SMILES string of the molecule is Nc1ccn(CCN2CCc3ccccc3C2=O)n1. The topological polar surface area (TPSA) is 64.2 Å². The number of carbonyl (C=O) groups excluding carboxylic acids is 1. The monoisotopic (exact) mass is 256 g/mol. The van der Waals surface area contributed by atoms with Gasteiger partial charge in [0.15, 0.2) is 0 Å². The molecule has 1 aliphatic rings. The van der Waals surface area contributed by atoms with Gasteiger partial charge >= 0.3 is 0 Å². The molecule has 1 aromatic carbocycles. The summed E-state index contributed by atoms with van der Waals surface area (Å²) < 4.78 is 1.77. The maximum atomic E-state index is 12.3. The van der Waals surface area contributed by atoms with Crippen molar-refractivity contribution >= 4 is 11.7 Å². The van der Waals surface area contributed by atoms with Gasteiger partial charge in [-0.3, -0.25) is 9.48 Å². The molecule has 1 aromatic heterocycles. The number of nitrogens with two attached hydrogens (primary N) is 1. The van der Waals surface area contributed by atoms with Crippen molar-refractivity contribution in [1.29, 1.82) is 0 Å². The minimum absolute atomic E-state index is 0.113. The van der Waals surface area contributed by atoms with E-state index in [9.17, 15) is 4.79 Å². The predicted octanol–water partition coefficient (Wildman–Crippen LogP) is 1.16. The van der Waals surface area contributed by atoms with Gasteiger partial charge in [0.1, 0.15) is 5.82 Å². The van der Waals surface area contributed by atoms with Gasteiger partial charge in [0.25, 0.3) is 5.91 Å². The summed E-state index contributed by atoms with van der Waals surface area (Å²) in [5.41, 5.74) is 7.54. The molecule has 0 bridgehead atoms. The fourth-order valence-corrected chi connectivity index (χ4v) is 2.41. The van der Waals surface area contributed by atoms with Crippen LogP contribution in [0, 0.1) is 0 Å². The Labute approximate surface area is 111 Å². The maximum Gasteiger partial charge on any atom is 0.254 e. The number of nitrogens with zero attached hydrogens (tertiary/aromatic N) is 3. The Kier molecular flexibility index (Phi) is 2.95. The molecule has 0 aliphatic carbocycles. The lowest BCUT2D eigenvalue weighted by Gasteiger charge is -2.28. The second-order valence-corrected chi connectivity index (χ2v) is 4.70. The van der Waals surface area contributed by atoms with Crippen LogP contribution in [0.4, 0.5) is 5.82 Å². The smallest absolute Gasteiger partial charge is 0.254 e. The number of hydrogen-bond donors (Lipinski definition) is 1. The molecule has 0 fully saturated rings. The number of carbonyl (C=O) groups is 1. The number of benzene rings is 1. The van der Waals surface area contributed by atoms with Gasteiger partial charge in [-0.05, 0) is 24.1 Å². The van der Waals surface area contributed by atoms with Crippen LogP contribution in [0.5, 0.6) is 0 Å². The first-order chi connectivity index (χ1) is 9.24. The summed E-state index contributed by atoms with van der Waals surface area (Å²) in [5, 5.41) is 4.12. The van der Waals surface area contributed by atoms with Crippen molar-refractivity contribution in [2.24, 2.45) is 0 Å². The van der Waals surface area contributed by atoms with Gasteiger partial charge in [-0.15, -0.1) is 0 Å². The zero-order chi connectivity index (χ0) is 13.2. The highest BCUT2D eigenvalue weighted by molar-refractivity contribution is 5.96. The Morgan fingerprint density at radius 2 is 2.05 bits per heavy atom. The molecule has 0 atom stereocenters. The first-order valence-electron chi connectivity index (χ1n) is 6.40. The van der Waals surface area contributed by atoms with Crippen molar-refractivity contribution in [3.05, 3.63) is 47.7 Å². The molecule has 1 aliphatic heterocycles. The molecule has 0 saturated heterocycles. The number of aromatic nitrogens is 2. The van der Waals surface area contributed by atoms with Crippen molar-refractivity contribution in [3.8, 4) is 0 Å². The minimum Gasteiger partial charge on any atom is -0.382 e. The molecule has 3 rings (SSSR count). The molecule has 2 N–H and O–H groups in total. The average Bonchev–Trinajstić information content (AvgIpc) is 2.84. The van der Waals surface area contributed by atoms with Crippen LogP contribution in [0.15, 0.2) is 36.5 Å². The van der Waals surface area contributed by atoms with Crippen LogP contribution in [0.3, 0.4) is 0 Å². The number of amides is 1. The third-order valence-electron chi connectivity index (χ3n) is 3.45. The van der Waals surface area contributed by atoms with Crippen molar-refractivity contribution < 1.29 is 4.79 Å². The Morgan fingerprint density at radius 1 is 1.21 bits per heavy atom. The van der Waals surface area contributed by atoms with E-state index in [-0.39, 0.29) is 5.91 Å². The molecular formula is C14H16N4O. The Balaban J connectivity index is 1.69. The molecule has 0 spiro atoms. The largest absolute Gasteiger partial charge is 0.382 e. The van der Waals surface area contributed by atoms with E-state index in [0.717, 1.165) is 24.1 Å². The number of hydrogen-bond acceptors (Lipinski definition) is 3. The molecule has 0 saturated carbocycles. The summed E-state index contributed by atoms with van der Waals surface area (Å²) >= 11 is 0. The van der Waals surface area contributed by atoms with E-state index in [1.54, 1.807) is 10.7 Å². The molecule has 0 radical (unpaired) electrons. The van der Waals surface area contributed by atoms with Gasteiger partial charge < -0.3 is 10.6 Å². The zero-order valence-electron chi connectivity index (χ0n) is 10.6. The zero-order valence-corrected chi connectivity index (χ0v) is 10.6. The second-order valence-electron chi connectivity index (χ2n) is 4.70. The molecule has 2 aromatic rings. The van der Waals surface area contributed by atoms with Crippen molar-refractivity contribution in [1.82, 2.24) is 14.7 Å². The highest BCUT2D eigenvalue weighted by Gasteiger charge is 2.23. The number of rotatable bonds is 3. The van der Waals surface area contributed by atoms with Crippen molar-refractivity contribution in [3.63, 3.8) is 0 Å². The Bertz CT molecular complexity index is 605. The van der Waals surface area contributed by atoms with Crippen molar-refractivity contribution in [2.75, 3.05) is 18.8 Å². The van der Waals surface area contributed by atoms with E-state index in [0.29, 0.717) is 18.9 Å². The van der Waals surface area contributed by atoms with Gasteiger partial charge in [0, 0.05) is 24.8 Å². The van der Waals surface area contributed by atoms with Crippen LogP contribution in [-0.2, 0) is 13.0 Å². The number of fused-ring (bicyclic) bond motifs is 1. The second kappa shape index (κ2) is 4.76. The third-order valence-corrected chi connectivity index (χ3v) is 3.45. The predicted molar refractivity (Wildman–Crippen MR) is 72.7 cm³/mol. The normalized spacial score (nSPS) is 14.5. The first kappa shape index (κ1) is 11.8. The van der Waals surface area contributed by atoms with E-state index >= 15 is 0 Å². The average molecular weight is 256 g/mol. The molecular weight excluding hydrogens is 240 g/mol. The lowest BCUT2D eigenvalue weighted by Crippen LogP contribution is -2.39. The van der Waals surface area contributed by atoms with Gasteiger partial charge in [-0.2, -0.15) is 5.10 Å². The molecule has 98 valence electrons. The van der Waals surface area contributed by atoms with Crippen LogP contribution < -0.4 is 5.73 Å². The minimum atomic E-state index is 0.113. The Morgan fingerprint density at radius 3 is 2.84 bits per heavy atom. The van der Waals surface area contributed by atoms with E-state index in [1.165, 1.54) is 0 Å². The fraction of sp³-hybridized carbons (Fsp3) is 0.286. The van der Waals surface area contributed by atoms with E-state index in [2.05, 4.69) is 5.10 Å². The van der Waals surface area contributed by atoms with Crippen LogP contribution in [0.25, 0.3) is 0 Å². The van der Waals surface area contributed by atoms with Crippen LogP contribution in [-0.4, -0.2) is 33.7 Å². The summed E-state index contributed by atoms with van der Waals surface area (Å²) in [7, 11) is 0. The molecule has 5 heteroatoms. The lowest BCUT2D eigenvalue weighted by molar-refractivity contribution is 0.0732. The van der Waals surface area contributed by atoms with E-state index in [1.807, 2.05) is 35.4 Å². The van der Waals surface area contributed by atoms with Crippen LogP contribution in [0.2, 0.25) is 0 Å². The van der Waals surface area contributed by atoms with Gasteiger partial charge in [0.2, 0.25) is 0 Å². The molecule has 2 heterocycles. The van der Waals surface area contributed by atoms with E-state index < -0.39 is 0 Å². The molecule has 19 heavy (non-hydrogen) atoms. The number of nitrogen functional groups attached to an aromatic ring is 1. The Hall–Kier alpha value is -2.30. The van der Waals surface area contributed by atoms with Gasteiger partial charge in [-0.25, -0.2) is 0 Å². The van der Waals surface area contributed by atoms with E-state index in [4.69, 9.17) is 5.73 Å². The van der Waals surface area contributed by atoms with Crippen LogP contribution >= 0.6 is 0 Å². The summed E-state index contributed by atoms with van der Waals surface area (Å²) in [6.45, 7) is 2.10. The summed E-state index contributed by atoms with van der Waals surface area (Å²) in [6.07, 6.45) is 2.75. The maximum absolute atomic E-state index is 12.3. The number of anilines is 1. The molecule has 1 amide bonds. The quantitative estimate of drug-likeness (QED) is 0.896. The summed E-state index contributed by atoms with van der Waals surface area (Å²) in [4.78, 5) is 14.2. The highest BCUT2D eigenvalue weighted by atomic mass is 16.2. The van der Waals surface area contributed by atoms with Crippen molar-refractivity contribution in [2.45, 2.75) is 13.0 Å².